The van der Waals surface area contributed by atoms with Crippen LogP contribution in [0.15, 0.2) is 35.8 Å². The minimum atomic E-state index is 1.03. The van der Waals surface area contributed by atoms with Crippen LogP contribution in [0.5, 0.6) is 0 Å². The fourth-order valence-corrected chi connectivity index (χ4v) is 1.84. The molecule has 2 rings (SSSR count). The monoisotopic (exact) mass is 190 g/mol. The number of nitrogens with one attached hydrogen (secondary N) is 1. The van der Waals surface area contributed by atoms with Gasteiger partial charge in [-0.15, -0.1) is 11.3 Å². The third kappa shape index (κ3) is 1.70. The van der Waals surface area contributed by atoms with Gasteiger partial charge in [-0.2, -0.15) is 0 Å². The number of nitrogens with zero attached hydrogens (tertiary/aromatic N) is 1. The molecule has 66 valence electrons. The van der Waals surface area contributed by atoms with E-state index in [1.165, 1.54) is 4.88 Å². The first-order chi connectivity index (χ1) is 6.40. The molecule has 0 aromatic carbocycles. The van der Waals surface area contributed by atoms with Crippen molar-refractivity contribution in [3.8, 4) is 10.6 Å². The van der Waals surface area contributed by atoms with Crippen LogP contribution in [-0.2, 0) is 0 Å². The summed E-state index contributed by atoms with van der Waals surface area (Å²) in [4.78, 5) is 5.51. The molecule has 0 bridgehead atoms. The topological polar surface area (TPSA) is 24.9 Å². The van der Waals surface area contributed by atoms with E-state index < -0.39 is 0 Å². The van der Waals surface area contributed by atoms with E-state index in [1.54, 1.807) is 11.3 Å². The van der Waals surface area contributed by atoms with Crippen LogP contribution in [0.2, 0.25) is 0 Å². The Labute approximate surface area is 81.3 Å². The lowest BCUT2D eigenvalue weighted by Gasteiger charge is -2.00. The van der Waals surface area contributed by atoms with Gasteiger partial charge in [-0.05, 0) is 23.6 Å². The van der Waals surface area contributed by atoms with Gasteiger partial charge < -0.3 is 5.32 Å². The van der Waals surface area contributed by atoms with Gasteiger partial charge >= 0.3 is 0 Å². The summed E-state index contributed by atoms with van der Waals surface area (Å²) < 4.78 is 0. The largest absolute Gasteiger partial charge is 0.388 e. The molecule has 0 spiro atoms. The molecule has 2 heterocycles. The maximum Gasteiger partial charge on any atom is 0.0822 e. The van der Waals surface area contributed by atoms with Crippen LogP contribution >= 0.6 is 11.3 Å². The average molecular weight is 190 g/mol. The van der Waals surface area contributed by atoms with E-state index in [2.05, 4.69) is 21.7 Å². The van der Waals surface area contributed by atoms with Crippen LogP contribution in [0, 0.1) is 0 Å². The molecule has 2 nitrogen and oxygen atoms in total. The highest BCUT2D eigenvalue weighted by Crippen LogP contribution is 2.24. The fraction of sp³-hybridized carbons (Fsp3) is 0.100. The number of hydrogen-bond donors (Lipinski definition) is 1. The Morgan fingerprint density at radius 1 is 1.38 bits per heavy atom. The summed E-state index contributed by atoms with van der Waals surface area (Å²) in [5.41, 5.74) is 2.13. The number of thiophene rings is 1. The fourth-order valence-electron chi connectivity index (χ4n) is 1.15. The maximum atomic E-state index is 4.30. The van der Waals surface area contributed by atoms with Crippen molar-refractivity contribution in [1.82, 2.24) is 4.98 Å². The molecule has 0 aliphatic rings. The minimum Gasteiger partial charge on any atom is -0.388 e. The summed E-state index contributed by atoms with van der Waals surface area (Å²) in [6.07, 6.45) is 1.82. The number of pyridine rings is 1. The van der Waals surface area contributed by atoms with Gasteiger partial charge in [-0.3, -0.25) is 4.98 Å². The second-order valence-corrected chi connectivity index (χ2v) is 3.60. The average Bonchev–Trinajstić information content (AvgIpc) is 2.71. The quantitative estimate of drug-likeness (QED) is 0.787. The van der Waals surface area contributed by atoms with Gasteiger partial charge in [0.15, 0.2) is 0 Å². The third-order valence-corrected chi connectivity index (χ3v) is 2.71. The van der Waals surface area contributed by atoms with Crippen LogP contribution in [0.4, 0.5) is 5.69 Å². The molecule has 0 unspecified atom stereocenters. The van der Waals surface area contributed by atoms with Gasteiger partial charge in [-0.1, -0.05) is 6.07 Å². The molecule has 1 N–H and O–H groups in total. The standard InChI is InChI=1S/C10H10N2S/c1-11-8-4-5-12-9(7-8)10-3-2-6-13-10/h2-7H,1H3,(H,11,12). The van der Waals surface area contributed by atoms with Crippen molar-refractivity contribution < 1.29 is 0 Å². The second kappa shape index (κ2) is 3.58. The van der Waals surface area contributed by atoms with Gasteiger partial charge in [0, 0.05) is 18.9 Å². The van der Waals surface area contributed by atoms with Gasteiger partial charge in [0.05, 0.1) is 10.6 Å². The Hall–Kier alpha value is -1.35. The molecule has 0 saturated heterocycles. The number of aromatic nitrogens is 1. The van der Waals surface area contributed by atoms with Crippen molar-refractivity contribution in [1.29, 1.82) is 0 Å². The molecular weight excluding hydrogens is 180 g/mol. The second-order valence-electron chi connectivity index (χ2n) is 2.66. The summed E-state index contributed by atoms with van der Waals surface area (Å²) in [7, 11) is 1.91. The lowest BCUT2D eigenvalue weighted by atomic mass is 10.3. The number of hydrogen-bond acceptors (Lipinski definition) is 3. The molecule has 0 aliphatic carbocycles. The number of rotatable bonds is 2. The zero-order chi connectivity index (χ0) is 9.10. The van der Waals surface area contributed by atoms with E-state index >= 15 is 0 Å². The maximum absolute atomic E-state index is 4.30. The summed E-state index contributed by atoms with van der Waals surface area (Å²) in [5, 5.41) is 5.15. The lowest BCUT2D eigenvalue weighted by Crippen LogP contribution is -1.88. The van der Waals surface area contributed by atoms with E-state index in [9.17, 15) is 0 Å². The summed E-state index contributed by atoms with van der Waals surface area (Å²) in [6, 6.07) is 8.11. The van der Waals surface area contributed by atoms with Crippen LogP contribution in [0.1, 0.15) is 0 Å². The Morgan fingerprint density at radius 3 is 3.00 bits per heavy atom. The molecule has 2 aromatic heterocycles. The van der Waals surface area contributed by atoms with Gasteiger partial charge in [0.2, 0.25) is 0 Å². The summed E-state index contributed by atoms with van der Waals surface area (Å²) in [5.74, 6) is 0. The highest BCUT2D eigenvalue weighted by Gasteiger charge is 1.99. The van der Waals surface area contributed by atoms with Crippen molar-refractivity contribution in [2.24, 2.45) is 0 Å². The molecule has 2 aromatic rings. The summed E-state index contributed by atoms with van der Waals surface area (Å²) >= 11 is 1.70. The SMILES string of the molecule is CNc1ccnc(-c2cccs2)c1. The minimum absolute atomic E-state index is 1.03. The lowest BCUT2D eigenvalue weighted by molar-refractivity contribution is 1.33. The van der Waals surface area contributed by atoms with E-state index in [0.29, 0.717) is 0 Å². The normalized spacial score (nSPS) is 9.92. The molecule has 0 aliphatic heterocycles. The highest BCUT2D eigenvalue weighted by molar-refractivity contribution is 7.13. The van der Waals surface area contributed by atoms with Crippen LogP contribution in [-0.4, -0.2) is 12.0 Å². The van der Waals surface area contributed by atoms with E-state index in [0.717, 1.165) is 11.4 Å². The summed E-state index contributed by atoms with van der Waals surface area (Å²) in [6.45, 7) is 0. The molecule has 0 radical (unpaired) electrons. The van der Waals surface area contributed by atoms with Crippen molar-refractivity contribution in [3.63, 3.8) is 0 Å². The van der Waals surface area contributed by atoms with Gasteiger partial charge in [-0.25, -0.2) is 0 Å². The molecule has 0 saturated carbocycles. The van der Waals surface area contributed by atoms with Crippen LogP contribution in [0.25, 0.3) is 10.6 Å². The van der Waals surface area contributed by atoms with Crippen molar-refractivity contribution in [2.45, 2.75) is 0 Å². The van der Waals surface area contributed by atoms with Gasteiger partial charge in [0.1, 0.15) is 0 Å². The zero-order valence-corrected chi connectivity index (χ0v) is 8.14. The van der Waals surface area contributed by atoms with Crippen LogP contribution < -0.4 is 5.32 Å². The molecule has 13 heavy (non-hydrogen) atoms. The Morgan fingerprint density at radius 2 is 2.31 bits per heavy atom. The predicted molar refractivity (Wildman–Crippen MR) is 57.1 cm³/mol. The first-order valence-electron chi connectivity index (χ1n) is 4.08. The zero-order valence-electron chi connectivity index (χ0n) is 7.32. The van der Waals surface area contributed by atoms with E-state index in [1.807, 2.05) is 31.4 Å². The van der Waals surface area contributed by atoms with Crippen molar-refractivity contribution in [3.05, 3.63) is 35.8 Å². The molecule has 0 fully saturated rings. The van der Waals surface area contributed by atoms with Crippen LogP contribution in [0.3, 0.4) is 0 Å². The van der Waals surface area contributed by atoms with Crippen molar-refractivity contribution in [2.75, 3.05) is 12.4 Å². The molecule has 3 heteroatoms. The molecular formula is C10H10N2S. The van der Waals surface area contributed by atoms with Crippen molar-refractivity contribution >= 4 is 17.0 Å². The van der Waals surface area contributed by atoms with E-state index in [-0.39, 0.29) is 0 Å². The smallest absolute Gasteiger partial charge is 0.0822 e. The first kappa shape index (κ1) is 8.26. The Bertz CT molecular complexity index is 382. The highest BCUT2D eigenvalue weighted by atomic mass is 32.1. The third-order valence-electron chi connectivity index (χ3n) is 1.82. The van der Waals surface area contributed by atoms with Gasteiger partial charge in [0.25, 0.3) is 0 Å². The number of anilines is 1. The first-order valence-corrected chi connectivity index (χ1v) is 4.96. The Balaban J connectivity index is 2.41. The predicted octanol–water partition coefficient (Wildman–Crippen LogP) is 2.85. The Kier molecular flexibility index (Phi) is 2.27. The molecule has 0 atom stereocenters. The molecule has 0 amide bonds. The van der Waals surface area contributed by atoms with E-state index in [4.69, 9.17) is 0 Å².